The van der Waals surface area contributed by atoms with Gasteiger partial charge in [0.15, 0.2) is 6.61 Å². The second-order valence-corrected chi connectivity index (χ2v) is 8.59. The van der Waals surface area contributed by atoms with Crippen molar-refractivity contribution in [1.29, 1.82) is 0 Å². The molecule has 12 heteroatoms. The van der Waals surface area contributed by atoms with Gasteiger partial charge in [-0.15, -0.1) is 0 Å². The smallest absolute Gasteiger partial charge is 0.266 e. The highest BCUT2D eigenvalue weighted by atomic mass is 16.5. The number of amides is 5. The summed E-state index contributed by atoms with van der Waals surface area (Å²) in [5.74, 6) is -2.81. The average molecular weight is 511 g/mol. The Kier molecular flexibility index (Phi) is 7.80. The van der Waals surface area contributed by atoms with Gasteiger partial charge in [-0.3, -0.25) is 28.9 Å². The van der Waals surface area contributed by atoms with E-state index in [1.807, 2.05) is 0 Å². The molecule has 5 amide bonds. The van der Waals surface area contributed by atoms with E-state index in [9.17, 15) is 29.1 Å². The minimum atomic E-state index is -1.04. The molecule has 1 fully saturated rings. The number of aliphatic hydroxyl groups is 2. The zero-order chi connectivity index (χ0) is 26.5. The minimum Gasteiger partial charge on any atom is -0.483 e. The summed E-state index contributed by atoms with van der Waals surface area (Å²) in [6, 6.07) is 10.5. The molecule has 0 aliphatic carbocycles. The summed E-state index contributed by atoms with van der Waals surface area (Å²) in [7, 11) is 0. The van der Waals surface area contributed by atoms with E-state index in [0.29, 0.717) is 0 Å². The quantitative estimate of drug-likeness (QED) is 0.272. The van der Waals surface area contributed by atoms with Crippen LogP contribution in [-0.4, -0.2) is 70.1 Å². The fraction of sp³-hybridized carbons (Fsp3) is 0.320. The van der Waals surface area contributed by atoms with Gasteiger partial charge in [-0.05, 0) is 36.1 Å². The molecule has 37 heavy (non-hydrogen) atoms. The Bertz CT molecular complexity index is 1230. The van der Waals surface area contributed by atoms with Crippen molar-refractivity contribution in [3.05, 3.63) is 64.7 Å². The number of hydrogen-bond acceptors (Lipinski definition) is 8. The Balaban J connectivity index is 1.33. The fourth-order valence-corrected chi connectivity index (χ4v) is 4.13. The molecule has 2 aliphatic rings. The molecular formula is C25H26N4O8. The van der Waals surface area contributed by atoms with Gasteiger partial charge in [-0.25, -0.2) is 0 Å². The molecule has 2 heterocycles. The summed E-state index contributed by atoms with van der Waals surface area (Å²) < 4.78 is 5.57. The van der Waals surface area contributed by atoms with Gasteiger partial charge in [0.05, 0.1) is 11.1 Å². The van der Waals surface area contributed by atoms with Crippen LogP contribution in [0.1, 0.15) is 44.7 Å². The first-order valence-corrected chi connectivity index (χ1v) is 11.6. The number of aliphatic hydroxyl groups excluding tert-OH is 2. The topological polar surface area (TPSA) is 174 Å². The lowest BCUT2D eigenvalue weighted by molar-refractivity contribution is -0.131. The molecule has 2 aromatic carbocycles. The van der Waals surface area contributed by atoms with Gasteiger partial charge in [0, 0.05) is 13.1 Å². The van der Waals surface area contributed by atoms with Gasteiger partial charge in [0.25, 0.3) is 17.7 Å². The van der Waals surface area contributed by atoms with E-state index in [-0.39, 0.29) is 42.8 Å². The molecule has 1 saturated heterocycles. The standard InChI is InChI=1S/C25H26N4O8/c30-12-20(32)26-10-14-4-6-15(7-5-14)11-27-21(33)13-37-18-3-1-2-16-22(18)25(36)29(24(16)35)17-8-9-19(31)28-23(17)34/h1-7,17,19,30-31H,8-13H2,(H,26,32)(H,27,33)(H,28,34). The van der Waals surface area contributed by atoms with Crippen molar-refractivity contribution < 1.29 is 38.9 Å². The molecule has 0 aromatic heterocycles. The summed E-state index contributed by atoms with van der Waals surface area (Å²) in [5, 5.41) is 25.9. The summed E-state index contributed by atoms with van der Waals surface area (Å²) in [5.41, 5.74) is 1.70. The predicted molar refractivity (Wildman–Crippen MR) is 127 cm³/mol. The number of fused-ring (bicyclic) bond motifs is 1. The van der Waals surface area contributed by atoms with Crippen LogP contribution in [0.15, 0.2) is 42.5 Å². The van der Waals surface area contributed by atoms with E-state index in [2.05, 4.69) is 16.0 Å². The molecule has 2 aromatic rings. The first-order valence-electron chi connectivity index (χ1n) is 11.6. The van der Waals surface area contributed by atoms with Crippen molar-refractivity contribution in [3.8, 4) is 5.75 Å². The van der Waals surface area contributed by atoms with E-state index in [0.717, 1.165) is 16.0 Å². The van der Waals surface area contributed by atoms with Crippen LogP contribution in [0.5, 0.6) is 5.75 Å². The summed E-state index contributed by atoms with van der Waals surface area (Å²) >= 11 is 0. The van der Waals surface area contributed by atoms with Crippen molar-refractivity contribution in [2.75, 3.05) is 13.2 Å². The number of nitrogens with zero attached hydrogens (tertiary/aromatic N) is 1. The first kappa shape index (κ1) is 25.8. The van der Waals surface area contributed by atoms with E-state index in [1.54, 1.807) is 24.3 Å². The number of nitrogens with one attached hydrogen (secondary N) is 3. The van der Waals surface area contributed by atoms with Crippen LogP contribution in [0, 0.1) is 0 Å². The lowest BCUT2D eigenvalue weighted by Crippen LogP contribution is -2.55. The lowest BCUT2D eigenvalue weighted by Gasteiger charge is -2.31. The third-order valence-electron chi connectivity index (χ3n) is 6.05. The number of ether oxygens (including phenoxy) is 1. The van der Waals surface area contributed by atoms with Crippen LogP contribution >= 0.6 is 0 Å². The number of hydrogen-bond donors (Lipinski definition) is 5. The number of rotatable bonds is 9. The summed E-state index contributed by atoms with van der Waals surface area (Å²) in [4.78, 5) is 62.6. The molecule has 2 aliphatic heterocycles. The highest BCUT2D eigenvalue weighted by Gasteiger charge is 2.45. The average Bonchev–Trinajstić information content (AvgIpc) is 3.15. The fourth-order valence-electron chi connectivity index (χ4n) is 4.13. The molecule has 194 valence electrons. The van der Waals surface area contributed by atoms with Crippen LogP contribution < -0.4 is 20.7 Å². The van der Waals surface area contributed by atoms with E-state index in [4.69, 9.17) is 9.84 Å². The minimum absolute atomic E-state index is 0.0110. The number of carbonyl (C=O) groups excluding carboxylic acids is 5. The maximum atomic E-state index is 13.1. The maximum Gasteiger partial charge on any atom is 0.266 e. The van der Waals surface area contributed by atoms with Crippen LogP contribution in [0.3, 0.4) is 0 Å². The molecule has 0 bridgehead atoms. The van der Waals surface area contributed by atoms with Gasteiger partial charge in [-0.2, -0.15) is 0 Å². The Morgan fingerprint density at radius 3 is 2.22 bits per heavy atom. The second kappa shape index (κ2) is 11.2. The molecule has 12 nitrogen and oxygen atoms in total. The zero-order valence-electron chi connectivity index (χ0n) is 19.7. The SMILES string of the molecule is O=C(CO)NCc1ccc(CNC(=O)COc2cccc3c2C(=O)N(C2CCC(O)NC2=O)C3=O)cc1. The molecule has 4 rings (SSSR count). The van der Waals surface area contributed by atoms with Gasteiger partial charge < -0.3 is 30.9 Å². The Morgan fingerprint density at radius 1 is 0.946 bits per heavy atom. The maximum absolute atomic E-state index is 13.1. The number of benzene rings is 2. The van der Waals surface area contributed by atoms with E-state index < -0.39 is 55.0 Å². The van der Waals surface area contributed by atoms with Crippen LogP contribution in [0.2, 0.25) is 0 Å². The van der Waals surface area contributed by atoms with E-state index >= 15 is 0 Å². The van der Waals surface area contributed by atoms with E-state index in [1.165, 1.54) is 18.2 Å². The molecule has 0 saturated carbocycles. The normalized spacial score (nSPS) is 18.8. The molecule has 0 spiro atoms. The van der Waals surface area contributed by atoms with Gasteiger partial charge in [-0.1, -0.05) is 30.3 Å². The van der Waals surface area contributed by atoms with Crippen molar-refractivity contribution in [1.82, 2.24) is 20.9 Å². The Morgan fingerprint density at radius 2 is 1.59 bits per heavy atom. The largest absolute Gasteiger partial charge is 0.483 e. The molecule has 0 radical (unpaired) electrons. The van der Waals surface area contributed by atoms with Crippen molar-refractivity contribution in [2.24, 2.45) is 0 Å². The molecular weight excluding hydrogens is 484 g/mol. The predicted octanol–water partition coefficient (Wildman–Crippen LogP) is -0.817. The summed E-state index contributed by atoms with van der Waals surface area (Å²) in [6.45, 7) is -0.498. The highest BCUT2D eigenvalue weighted by Crippen LogP contribution is 2.33. The van der Waals surface area contributed by atoms with Gasteiger partial charge >= 0.3 is 0 Å². The Labute approximate surface area is 211 Å². The third kappa shape index (κ3) is 5.76. The Hall–Kier alpha value is -4.29. The number of carbonyl (C=O) groups is 5. The molecule has 2 atom stereocenters. The first-order chi connectivity index (χ1) is 17.8. The molecule has 2 unspecified atom stereocenters. The van der Waals surface area contributed by atoms with Crippen LogP contribution in [-0.2, 0) is 27.5 Å². The van der Waals surface area contributed by atoms with Crippen molar-refractivity contribution in [2.45, 2.75) is 38.2 Å². The van der Waals surface area contributed by atoms with Crippen LogP contribution in [0.4, 0.5) is 0 Å². The lowest BCUT2D eigenvalue weighted by atomic mass is 10.0. The number of piperidine rings is 1. The van der Waals surface area contributed by atoms with Crippen molar-refractivity contribution in [3.63, 3.8) is 0 Å². The molecule has 5 N–H and O–H groups in total. The second-order valence-electron chi connectivity index (χ2n) is 8.59. The monoisotopic (exact) mass is 510 g/mol. The van der Waals surface area contributed by atoms with Gasteiger partial charge in [0.2, 0.25) is 11.8 Å². The van der Waals surface area contributed by atoms with Crippen molar-refractivity contribution >= 4 is 29.5 Å². The zero-order valence-corrected chi connectivity index (χ0v) is 19.7. The number of imide groups is 1. The summed E-state index contributed by atoms with van der Waals surface area (Å²) in [6.07, 6.45) is -0.681. The highest BCUT2D eigenvalue weighted by molar-refractivity contribution is 6.24. The van der Waals surface area contributed by atoms with Gasteiger partial charge in [0.1, 0.15) is 24.6 Å². The van der Waals surface area contributed by atoms with Crippen LogP contribution in [0.25, 0.3) is 0 Å². The third-order valence-corrected chi connectivity index (χ3v) is 6.05.